The summed E-state index contributed by atoms with van der Waals surface area (Å²) >= 11 is 0. The third-order valence-electron chi connectivity index (χ3n) is 3.25. The van der Waals surface area contributed by atoms with Crippen LogP contribution in [-0.2, 0) is 9.63 Å². The van der Waals surface area contributed by atoms with Crippen LogP contribution < -0.4 is 0 Å². The van der Waals surface area contributed by atoms with E-state index < -0.39 is 10.9 Å². The van der Waals surface area contributed by atoms with Gasteiger partial charge < -0.3 is 4.84 Å². The molecule has 0 spiro atoms. The number of carbonyl (C=O) groups is 2. The highest BCUT2D eigenvalue weighted by molar-refractivity contribution is 6.21. The molecule has 1 aliphatic carbocycles. The number of nitrogens with zero attached hydrogens (tertiary/aromatic N) is 2. The van der Waals surface area contributed by atoms with Crippen molar-refractivity contribution in [2.45, 2.75) is 13.8 Å². The molecular weight excluding hydrogens is 288 g/mol. The molecule has 1 aromatic carbocycles. The smallest absolute Gasteiger partial charge is 0.312 e. The molecule has 0 saturated heterocycles. The van der Waals surface area contributed by atoms with Gasteiger partial charge in [0, 0.05) is 17.7 Å². The van der Waals surface area contributed by atoms with Crippen molar-refractivity contribution in [3.63, 3.8) is 0 Å². The molecule has 22 heavy (non-hydrogen) atoms. The lowest BCUT2D eigenvalue weighted by molar-refractivity contribution is -0.384. The van der Waals surface area contributed by atoms with Crippen LogP contribution in [0.2, 0.25) is 0 Å². The van der Waals surface area contributed by atoms with Crippen molar-refractivity contribution in [3.05, 3.63) is 63.2 Å². The van der Waals surface area contributed by atoms with Gasteiger partial charge in [-0.05, 0) is 43.7 Å². The van der Waals surface area contributed by atoms with Gasteiger partial charge in [0.05, 0.1) is 10.5 Å². The first-order chi connectivity index (χ1) is 10.4. The first-order valence-electron chi connectivity index (χ1n) is 6.34. The molecule has 0 aliphatic heterocycles. The van der Waals surface area contributed by atoms with E-state index in [1.54, 1.807) is 13.8 Å². The SMILES string of the molecule is CC1=C(C)/C(=N/OC(=O)c2ccc([N+](=O)[O-])cc2)C=CC1=O. The average Bonchev–Trinajstić information content (AvgIpc) is 2.51. The van der Waals surface area contributed by atoms with E-state index in [4.69, 9.17) is 4.84 Å². The van der Waals surface area contributed by atoms with Gasteiger partial charge in [-0.15, -0.1) is 0 Å². The number of nitro benzene ring substituents is 1. The van der Waals surface area contributed by atoms with Crippen LogP contribution in [0, 0.1) is 10.1 Å². The van der Waals surface area contributed by atoms with E-state index in [1.165, 1.54) is 36.4 Å². The van der Waals surface area contributed by atoms with Gasteiger partial charge in [-0.1, -0.05) is 5.16 Å². The number of rotatable bonds is 3. The minimum Gasteiger partial charge on any atom is -0.312 e. The molecule has 0 radical (unpaired) electrons. The Morgan fingerprint density at radius 1 is 1.14 bits per heavy atom. The molecule has 0 unspecified atom stereocenters. The van der Waals surface area contributed by atoms with Crippen LogP contribution in [-0.4, -0.2) is 22.4 Å². The molecule has 2 rings (SSSR count). The lowest BCUT2D eigenvalue weighted by atomic mass is 9.97. The standard InChI is InChI=1S/C15H12N2O5/c1-9-10(2)14(18)8-7-13(9)16-22-15(19)11-3-5-12(6-4-11)17(20)21/h3-8H,1-2H3/b16-13+. The van der Waals surface area contributed by atoms with E-state index >= 15 is 0 Å². The van der Waals surface area contributed by atoms with Crippen LogP contribution in [0.15, 0.2) is 52.7 Å². The van der Waals surface area contributed by atoms with Crippen molar-refractivity contribution in [2.75, 3.05) is 0 Å². The molecule has 0 bridgehead atoms. The zero-order chi connectivity index (χ0) is 16.3. The van der Waals surface area contributed by atoms with Gasteiger partial charge in [-0.3, -0.25) is 14.9 Å². The summed E-state index contributed by atoms with van der Waals surface area (Å²) < 4.78 is 0. The van der Waals surface area contributed by atoms with Crippen LogP contribution in [0.1, 0.15) is 24.2 Å². The molecule has 0 N–H and O–H groups in total. The average molecular weight is 300 g/mol. The Bertz CT molecular complexity index is 742. The summed E-state index contributed by atoms with van der Waals surface area (Å²) in [5.74, 6) is -0.851. The predicted octanol–water partition coefficient (Wildman–Crippen LogP) is 2.58. The van der Waals surface area contributed by atoms with Gasteiger partial charge in [-0.2, -0.15) is 0 Å². The van der Waals surface area contributed by atoms with E-state index in [0.29, 0.717) is 16.9 Å². The first-order valence-corrected chi connectivity index (χ1v) is 6.34. The Kier molecular flexibility index (Phi) is 4.26. The molecule has 0 fully saturated rings. The van der Waals surface area contributed by atoms with Crippen LogP contribution >= 0.6 is 0 Å². The summed E-state index contributed by atoms with van der Waals surface area (Å²) in [4.78, 5) is 38.0. The van der Waals surface area contributed by atoms with E-state index in [2.05, 4.69) is 5.16 Å². The number of benzene rings is 1. The Morgan fingerprint density at radius 2 is 1.77 bits per heavy atom. The van der Waals surface area contributed by atoms with E-state index in [9.17, 15) is 19.7 Å². The van der Waals surface area contributed by atoms with Crippen molar-refractivity contribution in [2.24, 2.45) is 5.16 Å². The molecule has 7 heteroatoms. The topological polar surface area (TPSA) is 98.9 Å². The Labute approximate surface area is 125 Å². The number of nitro groups is 1. The van der Waals surface area contributed by atoms with Crippen LogP contribution in [0.25, 0.3) is 0 Å². The number of oxime groups is 1. The monoisotopic (exact) mass is 300 g/mol. The van der Waals surface area contributed by atoms with Crippen molar-refractivity contribution < 1.29 is 19.3 Å². The molecule has 1 aromatic rings. The minimum absolute atomic E-state index is 0.113. The number of hydrogen-bond donors (Lipinski definition) is 0. The highest BCUT2D eigenvalue weighted by atomic mass is 16.7. The van der Waals surface area contributed by atoms with Crippen LogP contribution in [0.4, 0.5) is 5.69 Å². The van der Waals surface area contributed by atoms with Crippen molar-refractivity contribution >= 4 is 23.2 Å². The lowest BCUT2D eigenvalue weighted by Crippen LogP contribution is -2.12. The maximum absolute atomic E-state index is 11.8. The Morgan fingerprint density at radius 3 is 2.36 bits per heavy atom. The fraction of sp³-hybridized carbons (Fsp3) is 0.133. The molecular formula is C15H12N2O5. The highest BCUT2D eigenvalue weighted by Gasteiger charge is 2.16. The molecule has 0 aromatic heterocycles. The number of carbonyl (C=O) groups excluding carboxylic acids is 2. The van der Waals surface area contributed by atoms with Crippen LogP contribution in [0.5, 0.6) is 0 Å². The summed E-state index contributed by atoms with van der Waals surface area (Å²) in [5, 5.41) is 14.3. The maximum atomic E-state index is 11.8. The molecule has 1 aliphatic rings. The molecule has 112 valence electrons. The van der Waals surface area contributed by atoms with Gasteiger partial charge in [-0.25, -0.2) is 4.79 Å². The zero-order valence-corrected chi connectivity index (χ0v) is 11.9. The summed E-state index contributed by atoms with van der Waals surface area (Å²) in [7, 11) is 0. The summed E-state index contributed by atoms with van der Waals surface area (Å²) in [6, 6.07) is 4.99. The van der Waals surface area contributed by atoms with E-state index in [0.717, 1.165) is 0 Å². The Balaban J connectivity index is 2.13. The highest BCUT2D eigenvalue weighted by Crippen LogP contribution is 2.16. The molecule has 0 amide bonds. The number of ketones is 1. The second-order valence-corrected chi connectivity index (χ2v) is 4.61. The van der Waals surface area contributed by atoms with E-state index in [1.807, 2.05) is 0 Å². The van der Waals surface area contributed by atoms with Gasteiger partial charge in [0.2, 0.25) is 0 Å². The zero-order valence-electron chi connectivity index (χ0n) is 11.9. The summed E-state index contributed by atoms with van der Waals surface area (Å²) in [5.41, 5.74) is 1.57. The third-order valence-corrected chi connectivity index (χ3v) is 3.25. The number of hydrogen-bond acceptors (Lipinski definition) is 6. The first kappa shape index (κ1) is 15.3. The Hall–Kier alpha value is -3.09. The fourth-order valence-corrected chi connectivity index (χ4v) is 1.74. The lowest BCUT2D eigenvalue weighted by Gasteiger charge is -2.09. The van der Waals surface area contributed by atoms with Crippen LogP contribution in [0.3, 0.4) is 0 Å². The van der Waals surface area contributed by atoms with Gasteiger partial charge >= 0.3 is 5.97 Å². The second kappa shape index (κ2) is 6.13. The van der Waals surface area contributed by atoms with Crippen molar-refractivity contribution in [1.29, 1.82) is 0 Å². The minimum atomic E-state index is -0.738. The largest absolute Gasteiger partial charge is 0.365 e. The second-order valence-electron chi connectivity index (χ2n) is 4.61. The number of allylic oxidation sites excluding steroid dienone is 4. The predicted molar refractivity (Wildman–Crippen MR) is 78.5 cm³/mol. The summed E-state index contributed by atoms with van der Waals surface area (Å²) in [6.45, 7) is 3.37. The van der Waals surface area contributed by atoms with E-state index in [-0.39, 0.29) is 17.0 Å². The van der Waals surface area contributed by atoms with Gasteiger partial charge in [0.15, 0.2) is 5.78 Å². The maximum Gasteiger partial charge on any atom is 0.365 e. The fourth-order valence-electron chi connectivity index (χ4n) is 1.74. The molecule has 7 nitrogen and oxygen atoms in total. The van der Waals surface area contributed by atoms with Crippen molar-refractivity contribution in [3.8, 4) is 0 Å². The summed E-state index contributed by atoms with van der Waals surface area (Å²) in [6.07, 6.45) is 2.81. The third kappa shape index (κ3) is 3.14. The molecule has 0 atom stereocenters. The molecule has 0 saturated carbocycles. The number of non-ortho nitro benzene ring substituents is 1. The normalized spacial score (nSPS) is 16.1. The van der Waals surface area contributed by atoms with Gasteiger partial charge in [0.25, 0.3) is 5.69 Å². The van der Waals surface area contributed by atoms with Gasteiger partial charge in [0.1, 0.15) is 5.71 Å². The van der Waals surface area contributed by atoms with Crippen molar-refractivity contribution in [1.82, 2.24) is 0 Å². The molecule has 0 heterocycles. The quantitative estimate of drug-likeness (QED) is 0.370.